The fourth-order valence-corrected chi connectivity index (χ4v) is 4.79. The molecular weight excluding hydrogens is 420 g/mol. The van der Waals surface area contributed by atoms with Gasteiger partial charge in [-0.25, -0.2) is 4.98 Å². The zero-order chi connectivity index (χ0) is 23.2. The van der Waals surface area contributed by atoms with Gasteiger partial charge in [0.25, 0.3) is 0 Å². The maximum Gasteiger partial charge on any atom is 0.180 e. The Morgan fingerprint density at radius 3 is 2.41 bits per heavy atom. The van der Waals surface area contributed by atoms with E-state index in [-0.39, 0.29) is 5.92 Å². The molecule has 0 bridgehead atoms. The molecule has 1 atom stereocenters. The van der Waals surface area contributed by atoms with E-state index < -0.39 is 0 Å². The molecule has 6 heteroatoms. The summed E-state index contributed by atoms with van der Waals surface area (Å²) in [5.74, 6) is 0.0485. The van der Waals surface area contributed by atoms with Gasteiger partial charge in [-0.3, -0.25) is 0 Å². The molecule has 0 fully saturated rings. The van der Waals surface area contributed by atoms with E-state index in [4.69, 9.17) is 0 Å². The first kappa shape index (κ1) is 20.3. The lowest BCUT2D eigenvalue weighted by molar-refractivity contribution is 0.793. The van der Waals surface area contributed by atoms with E-state index in [0.717, 1.165) is 33.4 Å². The fraction of sp³-hybridized carbons (Fsp3) is 0.143. The second kappa shape index (κ2) is 7.92. The largest absolute Gasteiger partial charge is 0.337 e. The van der Waals surface area contributed by atoms with Crippen molar-refractivity contribution in [3.05, 3.63) is 113 Å². The molecule has 0 radical (unpaired) electrons. The first-order chi connectivity index (χ1) is 16.6. The number of rotatable bonds is 4. The molecule has 0 amide bonds. The summed E-state index contributed by atoms with van der Waals surface area (Å²) in [4.78, 5) is 4.41. The number of nitrogens with zero attached hydrogens (tertiary/aromatic N) is 6. The van der Waals surface area contributed by atoms with Crippen molar-refractivity contribution >= 4 is 16.6 Å². The van der Waals surface area contributed by atoms with Gasteiger partial charge < -0.3 is 4.57 Å². The Bertz CT molecular complexity index is 1640. The molecule has 3 aromatic carbocycles. The number of aryl methyl sites for hydroxylation is 3. The third kappa shape index (κ3) is 3.35. The van der Waals surface area contributed by atoms with Gasteiger partial charge in [0.1, 0.15) is 0 Å². The number of fused-ring (bicyclic) bond motifs is 3. The molecule has 0 aliphatic rings. The lowest BCUT2D eigenvalue weighted by Crippen LogP contribution is -2.08. The van der Waals surface area contributed by atoms with Crippen LogP contribution < -0.4 is 0 Å². The minimum Gasteiger partial charge on any atom is -0.337 e. The maximum atomic E-state index is 4.41. The quantitative estimate of drug-likeness (QED) is 0.361. The van der Waals surface area contributed by atoms with Crippen LogP contribution in [0, 0.1) is 13.8 Å². The maximum absolute atomic E-state index is 4.41. The standard InChI is InChI=1S/C28H24N6/c1-18-7-9-20(10-8-18)28(26-16-29-17-33(26)3)22-11-12-25-24(14-22)23(15-27-30-31-32-34(25)27)21-6-4-5-19(2)13-21/h4-17,28H,1-3H3. The number of benzene rings is 3. The molecule has 166 valence electrons. The second-order valence-electron chi connectivity index (χ2n) is 8.93. The molecule has 6 aromatic rings. The van der Waals surface area contributed by atoms with Crippen molar-refractivity contribution in [3.63, 3.8) is 0 Å². The molecule has 0 spiro atoms. The monoisotopic (exact) mass is 444 g/mol. The first-order valence-corrected chi connectivity index (χ1v) is 11.3. The molecule has 34 heavy (non-hydrogen) atoms. The van der Waals surface area contributed by atoms with E-state index in [9.17, 15) is 0 Å². The molecule has 1 unspecified atom stereocenters. The van der Waals surface area contributed by atoms with Crippen molar-refractivity contribution in [2.75, 3.05) is 0 Å². The smallest absolute Gasteiger partial charge is 0.180 e. The summed E-state index contributed by atoms with van der Waals surface area (Å²) in [6.45, 7) is 4.23. The zero-order valence-corrected chi connectivity index (χ0v) is 19.3. The van der Waals surface area contributed by atoms with E-state index in [0.29, 0.717) is 0 Å². The Kier molecular flexibility index (Phi) is 4.73. The SMILES string of the molecule is Cc1ccc(C(c2ccc3c(c2)c(-c2cccc(C)c2)cc2nnnn23)c2cncn2C)cc1. The van der Waals surface area contributed by atoms with Crippen LogP contribution in [0.2, 0.25) is 0 Å². The van der Waals surface area contributed by atoms with Crippen LogP contribution in [0.1, 0.15) is 33.9 Å². The number of pyridine rings is 1. The van der Waals surface area contributed by atoms with Crippen LogP contribution in [0.15, 0.2) is 85.3 Å². The van der Waals surface area contributed by atoms with Crippen LogP contribution >= 0.6 is 0 Å². The average molecular weight is 445 g/mol. The van der Waals surface area contributed by atoms with Gasteiger partial charge in [-0.05, 0) is 64.7 Å². The van der Waals surface area contributed by atoms with Crippen molar-refractivity contribution in [1.29, 1.82) is 0 Å². The van der Waals surface area contributed by atoms with Crippen LogP contribution in [-0.4, -0.2) is 29.6 Å². The van der Waals surface area contributed by atoms with Gasteiger partial charge in [-0.15, -0.1) is 5.10 Å². The van der Waals surface area contributed by atoms with Crippen LogP contribution in [0.25, 0.3) is 27.7 Å². The topological polar surface area (TPSA) is 60.9 Å². The predicted molar refractivity (Wildman–Crippen MR) is 134 cm³/mol. The number of hydrogen-bond acceptors (Lipinski definition) is 4. The van der Waals surface area contributed by atoms with Crippen molar-refractivity contribution in [1.82, 2.24) is 29.6 Å². The Balaban J connectivity index is 1.64. The van der Waals surface area contributed by atoms with Crippen LogP contribution in [0.5, 0.6) is 0 Å². The van der Waals surface area contributed by atoms with E-state index in [2.05, 4.69) is 112 Å². The molecule has 0 aliphatic heterocycles. The fourth-order valence-electron chi connectivity index (χ4n) is 4.79. The number of hydrogen-bond donors (Lipinski definition) is 0. The molecule has 6 nitrogen and oxygen atoms in total. The Hall–Kier alpha value is -4.32. The van der Waals surface area contributed by atoms with Gasteiger partial charge >= 0.3 is 0 Å². The number of aromatic nitrogens is 6. The second-order valence-corrected chi connectivity index (χ2v) is 8.93. The summed E-state index contributed by atoms with van der Waals surface area (Å²) in [6, 6.07) is 26.0. The highest BCUT2D eigenvalue weighted by molar-refractivity contribution is 5.97. The summed E-state index contributed by atoms with van der Waals surface area (Å²) < 4.78 is 3.91. The van der Waals surface area contributed by atoms with Gasteiger partial charge in [0.2, 0.25) is 0 Å². The zero-order valence-electron chi connectivity index (χ0n) is 19.3. The normalized spacial score (nSPS) is 12.4. The lowest BCUT2D eigenvalue weighted by Gasteiger charge is -2.20. The van der Waals surface area contributed by atoms with Crippen molar-refractivity contribution in [3.8, 4) is 11.1 Å². The van der Waals surface area contributed by atoms with Crippen molar-refractivity contribution < 1.29 is 0 Å². The van der Waals surface area contributed by atoms with E-state index in [1.54, 1.807) is 0 Å². The summed E-state index contributed by atoms with van der Waals surface area (Å²) in [7, 11) is 2.05. The van der Waals surface area contributed by atoms with Gasteiger partial charge in [-0.1, -0.05) is 65.7 Å². The molecule has 3 aromatic heterocycles. The predicted octanol–water partition coefficient (Wildman–Crippen LogP) is 5.48. The number of imidazole rings is 1. The van der Waals surface area contributed by atoms with Crippen LogP contribution in [0.4, 0.5) is 0 Å². The first-order valence-electron chi connectivity index (χ1n) is 11.3. The lowest BCUT2D eigenvalue weighted by atomic mass is 9.86. The minimum atomic E-state index is 0.0485. The molecule has 3 heterocycles. The van der Waals surface area contributed by atoms with E-state index >= 15 is 0 Å². The summed E-state index contributed by atoms with van der Waals surface area (Å²) in [6.07, 6.45) is 3.82. The van der Waals surface area contributed by atoms with Gasteiger partial charge in [-0.2, -0.15) is 4.52 Å². The third-order valence-electron chi connectivity index (χ3n) is 6.53. The average Bonchev–Trinajstić information content (AvgIpc) is 3.49. The highest BCUT2D eigenvalue weighted by Gasteiger charge is 2.21. The minimum absolute atomic E-state index is 0.0485. The van der Waals surface area contributed by atoms with Crippen molar-refractivity contribution in [2.24, 2.45) is 7.05 Å². The van der Waals surface area contributed by atoms with Crippen LogP contribution in [-0.2, 0) is 7.05 Å². The summed E-state index contributed by atoms with van der Waals surface area (Å²) in [5.41, 5.74) is 10.0. The molecule has 6 rings (SSSR count). The molecule has 0 aliphatic carbocycles. The Morgan fingerprint density at radius 2 is 1.65 bits per heavy atom. The molecule has 0 N–H and O–H groups in total. The van der Waals surface area contributed by atoms with E-state index in [1.807, 2.05) is 24.1 Å². The Morgan fingerprint density at radius 1 is 0.824 bits per heavy atom. The van der Waals surface area contributed by atoms with Crippen LogP contribution in [0.3, 0.4) is 0 Å². The molecular formula is C28H24N6. The third-order valence-corrected chi connectivity index (χ3v) is 6.53. The Labute approximate surface area is 197 Å². The van der Waals surface area contributed by atoms with E-state index in [1.165, 1.54) is 22.3 Å². The van der Waals surface area contributed by atoms with Crippen molar-refractivity contribution in [2.45, 2.75) is 19.8 Å². The summed E-state index contributed by atoms with van der Waals surface area (Å²) >= 11 is 0. The van der Waals surface area contributed by atoms with Gasteiger partial charge in [0.15, 0.2) is 5.65 Å². The van der Waals surface area contributed by atoms with Gasteiger partial charge in [0, 0.05) is 24.3 Å². The van der Waals surface area contributed by atoms with Gasteiger partial charge in [0.05, 0.1) is 17.8 Å². The highest BCUT2D eigenvalue weighted by Crippen LogP contribution is 2.36. The number of tetrazole rings is 1. The summed E-state index contributed by atoms with van der Waals surface area (Å²) in [5, 5.41) is 13.5. The molecule has 0 saturated carbocycles. The molecule has 0 saturated heterocycles. The highest BCUT2D eigenvalue weighted by atomic mass is 15.5.